The molecule has 0 spiro atoms. The highest BCUT2D eigenvalue weighted by atomic mass is 32.1. The topological polar surface area (TPSA) is 80.3 Å². The van der Waals surface area contributed by atoms with Gasteiger partial charge in [0.05, 0.1) is 5.69 Å². The second-order valence-corrected chi connectivity index (χ2v) is 7.07. The fourth-order valence-electron chi connectivity index (χ4n) is 2.45. The Labute approximate surface area is 167 Å². The van der Waals surface area contributed by atoms with Crippen LogP contribution in [0.1, 0.15) is 19.4 Å². The average Bonchev–Trinajstić information content (AvgIpc) is 3.16. The zero-order chi connectivity index (χ0) is 19.9. The Hall–Kier alpha value is -3.19. The van der Waals surface area contributed by atoms with E-state index in [9.17, 15) is 9.59 Å². The van der Waals surface area contributed by atoms with Crippen molar-refractivity contribution < 1.29 is 14.3 Å². The second-order valence-electron chi connectivity index (χ2n) is 6.21. The number of hydrogen-bond acceptors (Lipinski definition) is 5. The van der Waals surface area contributed by atoms with Crippen LogP contribution in [-0.4, -0.2) is 22.9 Å². The van der Waals surface area contributed by atoms with Gasteiger partial charge >= 0.3 is 0 Å². The van der Waals surface area contributed by atoms with E-state index < -0.39 is 6.10 Å². The predicted molar refractivity (Wildman–Crippen MR) is 110 cm³/mol. The number of benzene rings is 2. The molecule has 0 fully saturated rings. The summed E-state index contributed by atoms with van der Waals surface area (Å²) in [6.07, 6.45) is -0.636. The average molecular weight is 395 g/mol. The van der Waals surface area contributed by atoms with Crippen LogP contribution in [0.4, 0.5) is 5.13 Å². The molecular weight excluding hydrogens is 374 g/mol. The number of amides is 2. The van der Waals surface area contributed by atoms with Crippen molar-refractivity contribution in [3.05, 3.63) is 65.5 Å². The molecule has 7 heteroatoms. The molecule has 1 atom stereocenters. The van der Waals surface area contributed by atoms with Crippen molar-refractivity contribution in [1.82, 2.24) is 10.3 Å². The Kier molecular flexibility index (Phi) is 6.39. The first-order valence-electron chi connectivity index (χ1n) is 8.83. The van der Waals surface area contributed by atoms with E-state index in [1.54, 1.807) is 19.1 Å². The van der Waals surface area contributed by atoms with Crippen molar-refractivity contribution in [2.24, 2.45) is 0 Å². The first kappa shape index (κ1) is 19.6. The summed E-state index contributed by atoms with van der Waals surface area (Å²) in [5.41, 5.74) is 2.73. The van der Waals surface area contributed by atoms with E-state index in [1.807, 2.05) is 47.8 Å². The van der Waals surface area contributed by atoms with E-state index in [2.05, 4.69) is 15.6 Å². The highest BCUT2D eigenvalue weighted by molar-refractivity contribution is 7.14. The number of thiazole rings is 1. The second kappa shape index (κ2) is 9.14. The summed E-state index contributed by atoms with van der Waals surface area (Å²) in [5.74, 6) is 0.328. The number of hydrogen-bond donors (Lipinski definition) is 2. The van der Waals surface area contributed by atoms with E-state index in [1.165, 1.54) is 18.3 Å². The van der Waals surface area contributed by atoms with Crippen LogP contribution in [0.5, 0.6) is 5.75 Å². The number of ether oxygens (including phenoxy) is 1. The summed E-state index contributed by atoms with van der Waals surface area (Å²) in [4.78, 5) is 27.8. The van der Waals surface area contributed by atoms with Crippen LogP contribution < -0.4 is 15.4 Å². The predicted octanol–water partition coefficient (Wildman–Crippen LogP) is 3.85. The maximum atomic E-state index is 12.3. The highest BCUT2D eigenvalue weighted by Crippen LogP contribution is 2.25. The minimum absolute atomic E-state index is 0.0607. The Morgan fingerprint density at radius 2 is 1.82 bits per heavy atom. The molecule has 0 bridgehead atoms. The molecule has 0 radical (unpaired) electrons. The zero-order valence-electron chi connectivity index (χ0n) is 15.6. The van der Waals surface area contributed by atoms with Crippen LogP contribution in [0.3, 0.4) is 0 Å². The smallest absolute Gasteiger partial charge is 0.266 e. The van der Waals surface area contributed by atoms with Crippen LogP contribution in [0.25, 0.3) is 11.3 Å². The molecule has 2 N–H and O–H groups in total. The number of rotatable bonds is 7. The number of carbonyl (C=O) groups excluding carboxylic acids is 2. The van der Waals surface area contributed by atoms with Crippen molar-refractivity contribution in [3.8, 4) is 17.0 Å². The van der Waals surface area contributed by atoms with Crippen molar-refractivity contribution in [2.75, 3.05) is 5.32 Å². The SMILES string of the molecule is CC(=O)NCc1ccc(-c2csc(NC(=O)C(C)Oc3ccccc3)n2)cc1. The molecule has 28 heavy (non-hydrogen) atoms. The van der Waals surface area contributed by atoms with Gasteiger partial charge in [-0.05, 0) is 24.6 Å². The minimum atomic E-state index is -0.636. The lowest BCUT2D eigenvalue weighted by Gasteiger charge is -2.13. The van der Waals surface area contributed by atoms with E-state index in [0.717, 1.165) is 16.8 Å². The maximum Gasteiger partial charge on any atom is 0.266 e. The number of para-hydroxylation sites is 1. The van der Waals surface area contributed by atoms with E-state index in [0.29, 0.717) is 17.4 Å². The summed E-state index contributed by atoms with van der Waals surface area (Å²) >= 11 is 1.36. The maximum absolute atomic E-state index is 12.3. The molecule has 0 aliphatic rings. The molecule has 144 valence electrons. The lowest BCUT2D eigenvalue weighted by atomic mass is 10.1. The molecular formula is C21H21N3O3S. The van der Waals surface area contributed by atoms with Gasteiger partial charge in [-0.15, -0.1) is 11.3 Å². The van der Waals surface area contributed by atoms with Crippen LogP contribution in [0.15, 0.2) is 60.0 Å². The number of carbonyl (C=O) groups is 2. The monoisotopic (exact) mass is 395 g/mol. The normalized spacial score (nSPS) is 11.5. The zero-order valence-corrected chi connectivity index (χ0v) is 16.5. The summed E-state index contributed by atoms with van der Waals surface area (Å²) in [6.45, 7) is 3.68. The molecule has 0 saturated heterocycles. The van der Waals surface area contributed by atoms with E-state index in [-0.39, 0.29) is 11.8 Å². The van der Waals surface area contributed by atoms with Gasteiger partial charge in [-0.1, -0.05) is 42.5 Å². The lowest BCUT2D eigenvalue weighted by Crippen LogP contribution is -2.30. The lowest BCUT2D eigenvalue weighted by molar-refractivity contribution is -0.122. The fraction of sp³-hybridized carbons (Fsp3) is 0.190. The van der Waals surface area contributed by atoms with E-state index in [4.69, 9.17) is 4.74 Å². The summed E-state index contributed by atoms with van der Waals surface area (Å²) < 4.78 is 5.63. The molecule has 6 nitrogen and oxygen atoms in total. The number of aromatic nitrogens is 1. The van der Waals surface area contributed by atoms with Crippen molar-refractivity contribution in [1.29, 1.82) is 0 Å². The quantitative estimate of drug-likeness (QED) is 0.637. The molecule has 1 aromatic heterocycles. The van der Waals surface area contributed by atoms with Gasteiger partial charge in [-0.2, -0.15) is 0 Å². The molecule has 2 aromatic carbocycles. The standard InChI is InChI=1S/C21H21N3O3S/c1-14(27-18-6-4-3-5-7-18)20(26)24-21-23-19(13-28-21)17-10-8-16(9-11-17)12-22-15(2)25/h3-11,13-14H,12H2,1-2H3,(H,22,25)(H,23,24,26). The Morgan fingerprint density at radius 1 is 1.11 bits per heavy atom. The minimum Gasteiger partial charge on any atom is -0.481 e. The van der Waals surface area contributed by atoms with Crippen LogP contribution in [0, 0.1) is 0 Å². The molecule has 0 saturated carbocycles. The van der Waals surface area contributed by atoms with Crippen LogP contribution in [0.2, 0.25) is 0 Å². The Balaban J connectivity index is 1.59. The molecule has 1 unspecified atom stereocenters. The Morgan fingerprint density at radius 3 is 2.50 bits per heavy atom. The number of anilines is 1. The van der Waals surface area contributed by atoms with Gasteiger partial charge in [0.15, 0.2) is 11.2 Å². The van der Waals surface area contributed by atoms with Gasteiger partial charge in [0.2, 0.25) is 5.91 Å². The third-order valence-electron chi connectivity index (χ3n) is 3.95. The molecule has 3 rings (SSSR count). The molecule has 0 aliphatic carbocycles. The Bertz CT molecular complexity index is 939. The highest BCUT2D eigenvalue weighted by Gasteiger charge is 2.16. The van der Waals surface area contributed by atoms with Crippen molar-refractivity contribution >= 4 is 28.3 Å². The number of nitrogens with one attached hydrogen (secondary N) is 2. The largest absolute Gasteiger partial charge is 0.481 e. The summed E-state index contributed by atoms with van der Waals surface area (Å²) in [5, 5.41) is 7.96. The first-order chi connectivity index (χ1) is 13.5. The van der Waals surface area contributed by atoms with E-state index >= 15 is 0 Å². The third kappa shape index (κ3) is 5.40. The first-order valence-corrected chi connectivity index (χ1v) is 9.71. The van der Waals surface area contributed by atoms with Gasteiger partial charge in [-0.25, -0.2) is 4.98 Å². The van der Waals surface area contributed by atoms with Crippen molar-refractivity contribution in [2.45, 2.75) is 26.5 Å². The molecule has 0 aliphatic heterocycles. The van der Waals surface area contributed by atoms with Gasteiger partial charge < -0.3 is 10.1 Å². The summed E-state index contributed by atoms with van der Waals surface area (Å²) in [6, 6.07) is 17.0. The van der Waals surface area contributed by atoms with Gasteiger partial charge in [0.25, 0.3) is 5.91 Å². The van der Waals surface area contributed by atoms with Crippen LogP contribution >= 0.6 is 11.3 Å². The number of nitrogens with zero attached hydrogens (tertiary/aromatic N) is 1. The van der Waals surface area contributed by atoms with Gasteiger partial charge in [0.1, 0.15) is 5.75 Å². The third-order valence-corrected chi connectivity index (χ3v) is 4.71. The fourth-order valence-corrected chi connectivity index (χ4v) is 3.17. The van der Waals surface area contributed by atoms with Gasteiger partial charge in [-0.3, -0.25) is 14.9 Å². The molecule has 3 aromatic rings. The van der Waals surface area contributed by atoms with Crippen LogP contribution in [-0.2, 0) is 16.1 Å². The molecule has 2 amide bonds. The van der Waals surface area contributed by atoms with Gasteiger partial charge in [0, 0.05) is 24.4 Å². The molecule has 1 heterocycles. The summed E-state index contributed by atoms with van der Waals surface area (Å²) in [7, 11) is 0. The van der Waals surface area contributed by atoms with Crippen molar-refractivity contribution in [3.63, 3.8) is 0 Å².